The first-order valence-electron chi connectivity index (χ1n) is 8.45. The van der Waals surface area contributed by atoms with E-state index in [1.807, 2.05) is 12.4 Å². The number of pyridine rings is 1. The van der Waals surface area contributed by atoms with Gasteiger partial charge in [0, 0.05) is 18.4 Å². The second-order valence-corrected chi connectivity index (χ2v) is 6.29. The first kappa shape index (κ1) is 15.5. The largest absolute Gasteiger partial charge is 0.314 e. The molecule has 0 aromatic carbocycles. The van der Waals surface area contributed by atoms with Crippen LogP contribution in [0.5, 0.6) is 0 Å². The first-order chi connectivity index (χ1) is 9.83. The maximum absolute atomic E-state index is 4.12. The minimum atomic E-state index is 0.643. The molecule has 0 saturated heterocycles. The molecule has 1 aliphatic carbocycles. The van der Waals surface area contributed by atoms with Crippen LogP contribution in [-0.4, -0.2) is 17.6 Å². The average Bonchev–Trinajstić information content (AvgIpc) is 2.49. The van der Waals surface area contributed by atoms with Gasteiger partial charge in [0.25, 0.3) is 0 Å². The van der Waals surface area contributed by atoms with Gasteiger partial charge in [-0.1, -0.05) is 39.5 Å². The molecule has 0 amide bonds. The number of hydrogen-bond donors (Lipinski definition) is 1. The van der Waals surface area contributed by atoms with Crippen molar-refractivity contribution in [2.45, 2.75) is 64.8 Å². The Labute approximate surface area is 124 Å². The Morgan fingerprint density at radius 2 is 1.85 bits per heavy atom. The molecule has 1 saturated carbocycles. The summed E-state index contributed by atoms with van der Waals surface area (Å²) in [6.45, 7) is 5.61. The van der Waals surface area contributed by atoms with Crippen LogP contribution >= 0.6 is 0 Å². The average molecular weight is 274 g/mol. The highest BCUT2D eigenvalue weighted by Crippen LogP contribution is 2.34. The minimum absolute atomic E-state index is 0.643. The minimum Gasteiger partial charge on any atom is -0.314 e. The van der Waals surface area contributed by atoms with Gasteiger partial charge in [-0.15, -0.1) is 0 Å². The molecule has 1 unspecified atom stereocenters. The maximum atomic E-state index is 4.12. The van der Waals surface area contributed by atoms with Crippen molar-refractivity contribution in [2.75, 3.05) is 6.54 Å². The van der Waals surface area contributed by atoms with Gasteiger partial charge in [0.2, 0.25) is 0 Å². The molecule has 1 aliphatic rings. The van der Waals surface area contributed by atoms with Gasteiger partial charge < -0.3 is 5.32 Å². The van der Waals surface area contributed by atoms with E-state index in [2.05, 4.69) is 36.3 Å². The molecule has 0 bridgehead atoms. The Balaban J connectivity index is 1.89. The molecule has 1 heterocycles. The van der Waals surface area contributed by atoms with Crippen LogP contribution in [0.4, 0.5) is 0 Å². The first-order valence-corrected chi connectivity index (χ1v) is 8.45. The molecule has 1 aromatic rings. The third-order valence-electron chi connectivity index (χ3n) is 4.83. The summed E-state index contributed by atoms with van der Waals surface area (Å²) in [7, 11) is 0. The summed E-state index contributed by atoms with van der Waals surface area (Å²) >= 11 is 0. The SMILES string of the molecule is CCCC1CCC(C(Cc2ccncc2)NCC)CC1. The van der Waals surface area contributed by atoms with Crippen molar-refractivity contribution in [3.8, 4) is 0 Å². The fourth-order valence-electron chi connectivity index (χ4n) is 3.73. The lowest BCUT2D eigenvalue weighted by molar-refractivity contribution is 0.213. The van der Waals surface area contributed by atoms with Crippen molar-refractivity contribution in [3.05, 3.63) is 30.1 Å². The monoisotopic (exact) mass is 274 g/mol. The lowest BCUT2D eigenvalue weighted by atomic mass is 9.76. The topological polar surface area (TPSA) is 24.9 Å². The van der Waals surface area contributed by atoms with Crippen molar-refractivity contribution in [1.29, 1.82) is 0 Å². The summed E-state index contributed by atoms with van der Waals surface area (Å²) < 4.78 is 0. The number of nitrogens with one attached hydrogen (secondary N) is 1. The van der Waals surface area contributed by atoms with Crippen LogP contribution in [-0.2, 0) is 6.42 Å². The standard InChI is InChI=1S/C18H30N2/c1-3-5-15-6-8-17(9-7-15)18(20-4-2)14-16-10-12-19-13-11-16/h10-13,15,17-18,20H,3-9,14H2,1-2H3. The number of nitrogens with zero attached hydrogens (tertiary/aromatic N) is 1. The van der Waals surface area contributed by atoms with Crippen molar-refractivity contribution in [1.82, 2.24) is 10.3 Å². The molecule has 1 fully saturated rings. The molecule has 2 nitrogen and oxygen atoms in total. The Morgan fingerprint density at radius 3 is 2.45 bits per heavy atom. The quantitative estimate of drug-likeness (QED) is 0.805. The molecule has 1 aromatic heterocycles. The van der Waals surface area contributed by atoms with Crippen LogP contribution in [0.1, 0.15) is 57.9 Å². The number of likely N-dealkylation sites (N-methyl/N-ethyl adjacent to an activating group) is 1. The molecule has 0 aliphatic heterocycles. The van der Waals surface area contributed by atoms with E-state index in [9.17, 15) is 0 Å². The van der Waals surface area contributed by atoms with Crippen molar-refractivity contribution < 1.29 is 0 Å². The highest BCUT2D eigenvalue weighted by Gasteiger charge is 2.26. The zero-order valence-corrected chi connectivity index (χ0v) is 13.1. The van der Waals surface area contributed by atoms with Gasteiger partial charge in [0.05, 0.1) is 0 Å². The van der Waals surface area contributed by atoms with E-state index in [1.54, 1.807) is 0 Å². The summed E-state index contributed by atoms with van der Waals surface area (Å²) in [4.78, 5) is 4.12. The van der Waals surface area contributed by atoms with Gasteiger partial charge in [-0.2, -0.15) is 0 Å². The van der Waals surface area contributed by atoms with Gasteiger partial charge in [-0.3, -0.25) is 4.98 Å². The molecule has 0 radical (unpaired) electrons. The van der Waals surface area contributed by atoms with Gasteiger partial charge >= 0.3 is 0 Å². The van der Waals surface area contributed by atoms with Gasteiger partial charge in [-0.05, 0) is 55.3 Å². The second kappa shape index (κ2) is 8.41. The Kier molecular flexibility index (Phi) is 6.52. The van der Waals surface area contributed by atoms with Crippen LogP contribution in [0.25, 0.3) is 0 Å². The Morgan fingerprint density at radius 1 is 1.15 bits per heavy atom. The third kappa shape index (κ3) is 4.59. The van der Waals surface area contributed by atoms with E-state index in [-0.39, 0.29) is 0 Å². The zero-order chi connectivity index (χ0) is 14.2. The number of aromatic nitrogens is 1. The smallest absolute Gasteiger partial charge is 0.0270 e. The predicted molar refractivity (Wildman–Crippen MR) is 85.8 cm³/mol. The van der Waals surface area contributed by atoms with Crippen molar-refractivity contribution in [2.24, 2.45) is 11.8 Å². The third-order valence-corrected chi connectivity index (χ3v) is 4.83. The predicted octanol–water partition coefficient (Wildman–Crippen LogP) is 4.21. The van der Waals surface area contributed by atoms with Gasteiger partial charge in [-0.25, -0.2) is 0 Å². The maximum Gasteiger partial charge on any atom is 0.0270 e. The molecule has 2 heteroatoms. The van der Waals surface area contributed by atoms with Crippen LogP contribution in [0.3, 0.4) is 0 Å². The lowest BCUT2D eigenvalue weighted by Crippen LogP contribution is -2.39. The zero-order valence-electron chi connectivity index (χ0n) is 13.1. The van der Waals surface area contributed by atoms with Gasteiger partial charge in [0.1, 0.15) is 0 Å². The van der Waals surface area contributed by atoms with Crippen LogP contribution < -0.4 is 5.32 Å². The summed E-state index contributed by atoms with van der Waals surface area (Å²) in [6, 6.07) is 4.96. The fraction of sp³-hybridized carbons (Fsp3) is 0.722. The molecule has 112 valence electrons. The van der Waals surface area contributed by atoms with Crippen molar-refractivity contribution in [3.63, 3.8) is 0 Å². The van der Waals surface area contributed by atoms with E-state index in [1.165, 1.54) is 44.1 Å². The Hall–Kier alpha value is -0.890. The fourth-order valence-corrected chi connectivity index (χ4v) is 3.73. The summed E-state index contributed by atoms with van der Waals surface area (Å²) in [6.07, 6.45) is 13.5. The van der Waals surface area contributed by atoms with E-state index >= 15 is 0 Å². The van der Waals surface area contributed by atoms with Crippen LogP contribution in [0.2, 0.25) is 0 Å². The van der Waals surface area contributed by atoms with Crippen LogP contribution in [0, 0.1) is 11.8 Å². The summed E-state index contributed by atoms with van der Waals surface area (Å²) in [5, 5.41) is 3.73. The molecule has 2 rings (SSSR count). The molecular formula is C18H30N2. The van der Waals surface area contributed by atoms with Crippen LogP contribution in [0.15, 0.2) is 24.5 Å². The van der Waals surface area contributed by atoms with E-state index in [4.69, 9.17) is 0 Å². The number of rotatable bonds is 7. The lowest BCUT2D eigenvalue weighted by Gasteiger charge is -2.34. The molecule has 1 N–H and O–H groups in total. The Bertz CT molecular complexity index is 355. The molecular weight excluding hydrogens is 244 g/mol. The van der Waals surface area contributed by atoms with E-state index in [0.29, 0.717) is 6.04 Å². The molecule has 20 heavy (non-hydrogen) atoms. The van der Waals surface area contributed by atoms with E-state index in [0.717, 1.165) is 24.8 Å². The number of hydrogen-bond acceptors (Lipinski definition) is 2. The summed E-state index contributed by atoms with van der Waals surface area (Å²) in [5.41, 5.74) is 1.42. The second-order valence-electron chi connectivity index (χ2n) is 6.29. The van der Waals surface area contributed by atoms with Crippen molar-refractivity contribution >= 4 is 0 Å². The molecule has 1 atom stereocenters. The summed E-state index contributed by atoms with van der Waals surface area (Å²) in [5.74, 6) is 1.86. The normalized spacial score (nSPS) is 24.5. The molecule has 0 spiro atoms. The highest BCUT2D eigenvalue weighted by molar-refractivity contribution is 5.12. The van der Waals surface area contributed by atoms with E-state index < -0.39 is 0 Å². The highest BCUT2D eigenvalue weighted by atomic mass is 14.9. The van der Waals surface area contributed by atoms with Gasteiger partial charge in [0.15, 0.2) is 0 Å².